The van der Waals surface area contributed by atoms with Gasteiger partial charge in [-0.05, 0) is 12.1 Å². The second kappa shape index (κ2) is 3.27. The first-order valence-corrected chi connectivity index (χ1v) is 4.58. The molecule has 0 bridgehead atoms. The van der Waals surface area contributed by atoms with Crippen LogP contribution in [0.3, 0.4) is 0 Å². The highest BCUT2D eigenvalue weighted by Crippen LogP contribution is 2.25. The van der Waals surface area contributed by atoms with Gasteiger partial charge in [-0.25, -0.2) is 0 Å². The first kappa shape index (κ1) is 8.40. The summed E-state index contributed by atoms with van der Waals surface area (Å²) in [6, 6.07) is 3.75. The summed E-state index contributed by atoms with van der Waals surface area (Å²) >= 11 is 1.19. The van der Waals surface area contributed by atoms with Gasteiger partial charge in [0.05, 0.1) is 18.8 Å². The van der Waals surface area contributed by atoms with Crippen LogP contribution >= 0.6 is 11.7 Å². The molecule has 0 saturated heterocycles. The Bertz CT molecular complexity index is 426. The zero-order chi connectivity index (χ0) is 9.26. The maximum Gasteiger partial charge on any atom is 0.125 e. The van der Waals surface area contributed by atoms with Gasteiger partial charge in [0.1, 0.15) is 16.8 Å². The number of methoxy groups -OCH3 is 1. The van der Waals surface area contributed by atoms with Crippen molar-refractivity contribution in [3.63, 3.8) is 0 Å². The molecule has 0 aliphatic heterocycles. The molecular formula is C8H9N3OS. The Hall–Kier alpha value is -1.20. The molecule has 0 atom stereocenters. The van der Waals surface area contributed by atoms with Gasteiger partial charge in [-0.3, -0.25) is 0 Å². The van der Waals surface area contributed by atoms with Crippen molar-refractivity contribution in [3.05, 3.63) is 17.7 Å². The van der Waals surface area contributed by atoms with Crippen LogP contribution in [0.5, 0.6) is 5.75 Å². The van der Waals surface area contributed by atoms with E-state index in [1.165, 1.54) is 11.7 Å². The Morgan fingerprint density at radius 2 is 2.31 bits per heavy atom. The number of fused-ring (bicyclic) bond motifs is 1. The standard InChI is InChI=1S/C8H9N3OS/c1-12-7-3-2-6-8(5(7)4-9)11-13-10-6/h2-3H,4,9H2,1H3. The van der Waals surface area contributed by atoms with Crippen LogP contribution in [-0.2, 0) is 6.54 Å². The van der Waals surface area contributed by atoms with Crippen molar-refractivity contribution in [2.75, 3.05) is 7.11 Å². The number of benzene rings is 1. The highest BCUT2D eigenvalue weighted by molar-refractivity contribution is 7.00. The van der Waals surface area contributed by atoms with Crippen LogP contribution in [0.25, 0.3) is 11.0 Å². The van der Waals surface area contributed by atoms with E-state index in [4.69, 9.17) is 10.5 Å². The summed E-state index contributed by atoms with van der Waals surface area (Å²) in [4.78, 5) is 0. The maximum absolute atomic E-state index is 5.61. The SMILES string of the molecule is COc1ccc2nsnc2c1CN. The first-order valence-electron chi connectivity index (χ1n) is 3.85. The largest absolute Gasteiger partial charge is 0.496 e. The number of hydrogen-bond acceptors (Lipinski definition) is 5. The van der Waals surface area contributed by atoms with E-state index in [9.17, 15) is 0 Å². The lowest BCUT2D eigenvalue weighted by Crippen LogP contribution is -2.00. The van der Waals surface area contributed by atoms with Gasteiger partial charge in [-0.2, -0.15) is 8.75 Å². The predicted molar refractivity (Wildman–Crippen MR) is 51.9 cm³/mol. The molecular weight excluding hydrogens is 186 g/mol. The topological polar surface area (TPSA) is 61.0 Å². The van der Waals surface area contributed by atoms with Crippen LogP contribution in [0.4, 0.5) is 0 Å². The highest BCUT2D eigenvalue weighted by Gasteiger charge is 2.09. The van der Waals surface area contributed by atoms with Crippen molar-refractivity contribution >= 4 is 22.8 Å². The van der Waals surface area contributed by atoms with E-state index < -0.39 is 0 Å². The minimum atomic E-state index is 0.423. The molecule has 0 aliphatic carbocycles. The third-order valence-corrected chi connectivity index (χ3v) is 2.46. The van der Waals surface area contributed by atoms with Crippen molar-refractivity contribution in [3.8, 4) is 5.75 Å². The lowest BCUT2D eigenvalue weighted by molar-refractivity contribution is 0.410. The number of nitrogens with two attached hydrogens (primary N) is 1. The monoisotopic (exact) mass is 195 g/mol. The zero-order valence-electron chi connectivity index (χ0n) is 7.15. The summed E-state index contributed by atoms with van der Waals surface area (Å²) in [5.74, 6) is 0.780. The molecule has 1 aromatic heterocycles. The molecule has 2 N–H and O–H groups in total. The molecule has 2 aromatic rings. The van der Waals surface area contributed by atoms with Gasteiger partial charge < -0.3 is 10.5 Å². The van der Waals surface area contributed by atoms with Gasteiger partial charge in [0.15, 0.2) is 0 Å². The number of ether oxygens (including phenoxy) is 1. The predicted octanol–water partition coefficient (Wildman–Crippen LogP) is 1.16. The highest BCUT2D eigenvalue weighted by atomic mass is 32.1. The number of hydrogen-bond donors (Lipinski definition) is 1. The van der Waals surface area contributed by atoms with Crippen molar-refractivity contribution in [1.29, 1.82) is 0 Å². The number of aromatic nitrogens is 2. The van der Waals surface area contributed by atoms with Crippen LogP contribution in [0.2, 0.25) is 0 Å². The Morgan fingerprint density at radius 3 is 3.00 bits per heavy atom. The van der Waals surface area contributed by atoms with E-state index in [2.05, 4.69) is 8.75 Å². The third-order valence-electron chi connectivity index (χ3n) is 1.91. The number of nitrogens with zero attached hydrogens (tertiary/aromatic N) is 2. The molecule has 1 heterocycles. The summed E-state index contributed by atoms with van der Waals surface area (Å²) in [5.41, 5.74) is 8.27. The van der Waals surface area contributed by atoms with Gasteiger partial charge in [0.25, 0.3) is 0 Å². The maximum atomic E-state index is 5.61. The summed E-state index contributed by atoms with van der Waals surface area (Å²) in [7, 11) is 1.63. The van der Waals surface area contributed by atoms with Crippen LogP contribution in [0, 0.1) is 0 Å². The van der Waals surface area contributed by atoms with E-state index >= 15 is 0 Å². The smallest absolute Gasteiger partial charge is 0.125 e. The molecule has 0 saturated carbocycles. The van der Waals surface area contributed by atoms with Gasteiger partial charge >= 0.3 is 0 Å². The normalized spacial score (nSPS) is 10.6. The molecule has 0 fully saturated rings. The minimum Gasteiger partial charge on any atom is -0.496 e. The van der Waals surface area contributed by atoms with E-state index in [1.54, 1.807) is 7.11 Å². The third kappa shape index (κ3) is 1.26. The fraction of sp³-hybridized carbons (Fsp3) is 0.250. The Kier molecular flexibility index (Phi) is 2.12. The van der Waals surface area contributed by atoms with Gasteiger partial charge in [0, 0.05) is 12.1 Å². The van der Waals surface area contributed by atoms with Gasteiger partial charge in [-0.15, -0.1) is 0 Å². The van der Waals surface area contributed by atoms with Crippen LogP contribution in [0.15, 0.2) is 12.1 Å². The Balaban J connectivity index is 2.74. The molecule has 2 rings (SSSR count). The molecule has 0 aliphatic rings. The van der Waals surface area contributed by atoms with E-state index in [0.29, 0.717) is 6.54 Å². The fourth-order valence-corrected chi connectivity index (χ4v) is 1.84. The van der Waals surface area contributed by atoms with Crippen LogP contribution in [-0.4, -0.2) is 15.9 Å². The van der Waals surface area contributed by atoms with E-state index in [1.807, 2.05) is 12.1 Å². The van der Waals surface area contributed by atoms with Gasteiger partial charge in [0.2, 0.25) is 0 Å². The summed E-state index contributed by atoms with van der Waals surface area (Å²) in [5, 5.41) is 0. The van der Waals surface area contributed by atoms with Crippen molar-refractivity contribution in [1.82, 2.24) is 8.75 Å². The second-order valence-corrected chi connectivity index (χ2v) is 3.11. The van der Waals surface area contributed by atoms with E-state index in [0.717, 1.165) is 22.3 Å². The van der Waals surface area contributed by atoms with Crippen molar-refractivity contribution < 1.29 is 4.74 Å². The minimum absolute atomic E-state index is 0.423. The molecule has 68 valence electrons. The molecule has 4 nitrogen and oxygen atoms in total. The average molecular weight is 195 g/mol. The first-order chi connectivity index (χ1) is 6.36. The molecule has 13 heavy (non-hydrogen) atoms. The zero-order valence-corrected chi connectivity index (χ0v) is 7.97. The molecule has 5 heteroatoms. The molecule has 0 unspecified atom stereocenters. The lowest BCUT2D eigenvalue weighted by Gasteiger charge is -2.05. The molecule has 1 aromatic carbocycles. The fourth-order valence-electron chi connectivity index (χ4n) is 1.27. The Morgan fingerprint density at radius 1 is 1.46 bits per heavy atom. The van der Waals surface area contributed by atoms with Crippen LogP contribution < -0.4 is 10.5 Å². The molecule has 0 radical (unpaired) electrons. The molecule has 0 amide bonds. The van der Waals surface area contributed by atoms with Crippen molar-refractivity contribution in [2.24, 2.45) is 5.73 Å². The Labute approximate surface area is 79.7 Å². The second-order valence-electron chi connectivity index (χ2n) is 2.58. The summed E-state index contributed by atoms with van der Waals surface area (Å²) in [6.07, 6.45) is 0. The summed E-state index contributed by atoms with van der Waals surface area (Å²) in [6.45, 7) is 0.423. The quantitative estimate of drug-likeness (QED) is 0.781. The number of rotatable bonds is 2. The summed E-state index contributed by atoms with van der Waals surface area (Å²) < 4.78 is 13.5. The van der Waals surface area contributed by atoms with Gasteiger partial charge in [-0.1, -0.05) is 0 Å². The lowest BCUT2D eigenvalue weighted by atomic mass is 10.1. The van der Waals surface area contributed by atoms with Crippen molar-refractivity contribution in [2.45, 2.75) is 6.54 Å². The molecule has 0 spiro atoms. The average Bonchev–Trinajstić information content (AvgIpc) is 2.63. The van der Waals surface area contributed by atoms with E-state index in [-0.39, 0.29) is 0 Å². The van der Waals surface area contributed by atoms with Crippen LogP contribution in [0.1, 0.15) is 5.56 Å².